The summed E-state index contributed by atoms with van der Waals surface area (Å²) in [5, 5.41) is 13.0. The van der Waals surface area contributed by atoms with E-state index in [-0.39, 0.29) is 5.54 Å². The molecule has 0 saturated heterocycles. The van der Waals surface area contributed by atoms with Crippen LogP contribution < -0.4 is 5.32 Å². The second kappa shape index (κ2) is 7.87. The molecule has 0 spiro atoms. The molecule has 0 aliphatic heterocycles. The average molecular weight is 265 g/mol. The first kappa shape index (κ1) is 16.5. The third-order valence-corrected chi connectivity index (χ3v) is 4.34. The van der Waals surface area contributed by atoms with Crippen LogP contribution >= 0.6 is 0 Å². The first-order valence-corrected chi connectivity index (χ1v) is 7.92. The highest BCUT2D eigenvalue weighted by atomic mass is 15.1. The van der Waals surface area contributed by atoms with Crippen LogP contribution in [0.1, 0.15) is 59.3 Å². The molecule has 1 rings (SSSR count). The van der Waals surface area contributed by atoms with Gasteiger partial charge in [0.2, 0.25) is 0 Å². The number of nitrogens with one attached hydrogen (secondary N) is 1. The van der Waals surface area contributed by atoms with Crippen molar-refractivity contribution >= 4 is 0 Å². The van der Waals surface area contributed by atoms with E-state index in [0.717, 1.165) is 38.3 Å². The zero-order chi connectivity index (χ0) is 14.3. The van der Waals surface area contributed by atoms with Gasteiger partial charge in [0.1, 0.15) is 5.54 Å². The smallest absolute Gasteiger partial charge is 0.106 e. The first-order chi connectivity index (χ1) is 9.05. The third kappa shape index (κ3) is 5.93. The number of nitriles is 1. The van der Waals surface area contributed by atoms with Crippen molar-refractivity contribution in [3.05, 3.63) is 0 Å². The molecule has 0 aromatic carbocycles. The first-order valence-electron chi connectivity index (χ1n) is 7.92. The van der Waals surface area contributed by atoms with E-state index in [4.69, 9.17) is 0 Å². The van der Waals surface area contributed by atoms with Gasteiger partial charge in [-0.05, 0) is 51.6 Å². The van der Waals surface area contributed by atoms with Crippen LogP contribution in [-0.2, 0) is 0 Å². The minimum atomic E-state index is -0.279. The molecule has 1 aliphatic carbocycles. The molecular weight excluding hydrogens is 234 g/mol. The van der Waals surface area contributed by atoms with E-state index in [0.29, 0.717) is 6.04 Å². The lowest BCUT2D eigenvalue weighted by molar-refractivity contribution is 0.260. The van der Waals surface area contributed by atoms with Crippen molar-refractivity contribution < 1.29 is 0 Å². The van der Waals surface area contributed by atoms with Crippen molar-refractivity contribution in [3.63, 3.8) is 0 Å². The van der Waals surface area contributed by atoms with Gasteiger partial charge in [-0.3, -0.25) is 5.32 Å². The van der Waals surface area contributed by atoms with Crippen molar-refractivity contribution in [3.8, 4) is 6.07 Å². The van der Waals surface area contributed by atoms with Crippen molar-refractivity contribution in [2.24, 2.45) is 5.92 Å². The molecule has 0 radical (unpaired) electrons. The van der Waals surface area contributed by atoms with Crippen molar-refractivity contribution in [2.45, 2.75) is 70.9 Å². The Hall–Kier alpha value is -0.590. The van der Waals surface area contributed by atoms with Gasteiger partial charge in [-0.1, -0.05) is 27.2 Å². The molecule has 110 valence electrons. The standard InChI is InChI=1S/C16H31N3/c1-5-14(3)12-19(4)11-7-10-16(6-2,13-17)18-15-8-9-15/h14-15,18H,5-12H2,1-4H3. The molecule has 2 atom stereocenters. The maximum atomic E-state index is 9.48. The highest BCUT2D eigenvalue weighted by molar-refractivity contribution is 5.09. The maximum Gasteiger partial charge on any atom is 0.106 e. The summed E-state index contributed by atoms with van der Waals surface area (Å²) in [6.45, 7) is 8.94. The van der Waals surface area contributed by atoms with Crippen LogP contribution in [0.15, 0.2) is 0 Å². The van der Waals surface area contributed by atoms with Gasteiger partial charge in [0.05, 0.1) is 6.07 Å². The summed E-state index contributed by atoms with van der Waals surface area (Å²) >= 11 is 0. The van der Waals surface area contributed by atoms with Gasteiger partial charge in [-0.25, -0.2) is 0 Å². The van der Waals surface area contributed by atoms with Crippen LogP contribution in [0, 0.1) is 17.2 Å². The SMILES string of the molecule is CCC(C)CN(C)CCCC(C#N)(CC)NC1CC1. The van der Waals surface area contributed by atoms with E-state index in [1.807, 2.05) is 0 Å². The predicted molar refractivity (Wildman–Crippen MR) is 81.0 cm³/mol. The molecule has 0 heterocycles. The van der Waals surface area contributed by atoms with E-state index in [2.05, 4.69) is 44.1 Å². The van der Waals surface area contributed by atoms with Gasteiger partial charge in [0.25, 0.3) is 0 Å². The van der Waals surface area contributed by atoms with E-state index < -0.39 is 0 Å². The zero-order valence-corrected chi connectivity index (χ0v) is 13.2. The quantitative estimate of drug-likeness (QED) is 0.659. The lowest BCUT2D eigenvalue weighted by Gasteiger charge is -2.28. The monoisotopic (exact) mass is 265 g/mol. The van der Waals surface area contributed by atoms with Gasteiger partial charge in [0.15, 0.2) is 0 Å². The molecule has 1 saturated carbocycles. The average Bonchev–Trinajstić information content (AvgIpc) is 3.21. The molecule has 0 aromatic heterocycles. The molecule has 0 bridgehead atoms. The number of rotatable bonds is 10. The molecule has 2 unspecified atom stereocenters. The lowest BCUT2D eigenvalue weighted by Crippen LogP contribution is -2.45. The minimum Gasteiger partial charge on any atom is -0.306 e. The summed E-state index contributed by atoms with van der Waals surface area (Å²) in [6.07, 6.45) is 6.73. The van der Waals surface area contributed by atoms with Crippen LogP contribution in [0.2, 0.25) is 0 Å². The molecular formula is C16H31N3. The Bertz CT molecular complexity index is 293. The Morgan fingerprint density at radius 2 is 2.11 bits per heavy atom. The molecule has 19 heavy (non-hydrogen) atoms. The Kier molecular flexibility index (Phi) is 6.82. The van der Waals surface area contributed by atoms with Gasteiger partial charge < -0.3 is 4.90 Å². The van der Waals surface area contributed by atoms with Gasteiger partial charge in [0, 0.05) is 12.6 Å². The Balaban J connectivity index is 2.29. The number of nitrogens with zero attached hydrogens (tertiary/aromatic N) is 2. The highest BCUT2D eigenvalue weighted by Crippen LogP contribution is 2.26. The van der Waals surface area contributed by atoms with E-state index in [1.165, 1.54) is 19.3 Å². The Labute approximate surface area is 119 Å². The molecule has 3 heteroatoms. The van der Waals surface area contributed by atoms with Crippen LogP contribution in [0.4, 0.5) is 0 Å². The fraction of sp³-hybridized carbons (Fsp3) is 0.938. The summed E-state index contributed by atoms with van der Waals surface area (Å²) in [6, 6.07) is 3.14. The second-order valence-electron chi connectivity index (χ2n) is 6.35. The Morgan fingerprint density at radius 3 is 2.58 bits per heavy atom. The minimum absolute atomic E-state index is 0.279. The fourth-order valence-electron chi connectivity index (χ4n) is 2.54. The summed E-state index contributed by atoms with van der Waals surface area (Å²) < 4.78 is 0. The molecule has 0 amide bonds. The summed E-state index contributed by atoms with van der Waals surface area (Å²) in [5.41, 5.74) is -0.279. The Morgan fingerprint density at radius 1 is 1.42 bits per heavy atom. The molecule has 3 nitrogen and oxygen atoms in total. The van der Waals surface area contributed by atoms with E-state index >= 15 is 0 Å². The van der Waals surface area contributed by atoms with Crippen LogP contribution in [-0.4, -0.2) is 36.6 Å². The van der Waals surface area contributed by atoms with Crippen molar-refractivity contribution in [1.29, 1.82) is 5.26 Å². The largest absolute Gasteiger partial charge is 0.306 e. The molecule has 1 fully saturated rings. The van der Waals surface area contributed by atoms with Gasteiger partial charge in [-0.15, -0.1) is 0 Å². The number of hydrogen-bond donors (Lipinski definition) is 1. The summed E-state index contributed by atoms with van der Waals surface area (Å²) in [5.74, 6) is 0.765. The highest BCUT2D eigenvalue weighted by Gasteiger charge is 2.34. The maximum absolute atomic E-state index is 9.48. The van der Waals surface area contributed by atoms with Gasteiger partial charge >= 0.3 is 0 Å². The molecule has 1 aliphatic rings. The lowest BCUT2D eigenvalue weighted by atomic mass is 9.91. The van der Waals surface area contributed by atoms with Gasteiger partial charge in [-0.2, -0.15) is 5.26 Å². The zero-order valence-electron chi connectivity index (χ0n) is 13.2. The normalized spacial score (nSPS) is 20.0. The third-order valence-electron chi connectivity index (χ3n) is 4.34. The predicted octanol–water partition coefficient (Wildman–Crippen LogP) is 3.17. The van der Waals surface area contributed by atoms with Crippen LogP contribution in [0.3, 0.4) is 0 Å². The second-order valence-corrected chi connectivity index (χ2v) is 6.35. The number of hydrogen-bond acceptors (Lipinski definition) is 3. The van der Waals surface area contributed by atoms with Crippen molar-refractivity contribution in [2.75, 3.05) is 20.1 Å². The molecule has 1 N–H and O–H groups in total. The van der Waals surface area contributed by atoms with Crippen LogP contribution in [0.5, 0.6) is 0 Å². The molecule has 0 aromatic rings. The van der Waals surface area contributed by atoms with Crippen molar-refractivity contribution in [1.82, 2.24) is 10.2 Å². The topological polar surface area (TPSA) is 39.1 Å². The van der Waals surface area contributed by atoms with Crippen LogP contribution in [0.25, 0.3) is 0 Å². The summed E-state index contributed by atoms with van der Waals surface area (Å²) in [4.78, 5) is 2.41. The summed E-state index contributed by atoms with van der Waals surface area (Å²) in [7, 11) is 2.19. The van der Waals surface area contributed by atoms with E-state index in [1.54, 1.807) is 0 Å². The van der Waals surface area contributed by atoms with E-state index in [9.17, 15) is 5.26 Å². The fourth-order valence-corrected chi connectivity index (χ4v) is 2.54.